The summed E-state index contributed by atoms with van der Waals surface area (Å²) in [6.45, 7) is 6.37. The summed E-state index contributed by atoms with van der Waals surface area (Å²) < 4.78 is 10.3. The first-order chi connectivity index (χ1) is 9.74. The summed E-state index contributed by atoms with van der Waals surface area (Å²) in [5.41, 5.74) is 0. The van der Waals surface area contributed by atoms with Gasteiger partial charge in [0.2, 0.25) is 0 Å². The van der Waals surface area contributed by atoms with Gasteiger partial charge in [-0.05, 0) is 38.3 Å². The normalized spacial score (nSPS) is 12.2. The van der Waals surface area contributed by atoms with Crippen LogP contribution in [0.4, 0.5) is 0 Å². The Morgan fingerprint density at radius 3 is 2.50 bits per heavy atom. The van der Waals surface area contributed by atoms with Gasteiger partial charge in [-0.2, -0.15) is 0 Å². The number of hydrogen-bond acceptors (Lipinski definition) is 3. The summed E-state index contributed by atoms with van der Waals surface area (Å²) >= 11 is 0. The Balaban J connectivity index is 4.25. The van der Waals surface area contributed by atoms with Gasteiger partial charge >= 0.3 is 5.97 Å². The molecular formula is C17H28O3. The first-order valence-corrected chi connectivity index (χ1v) is 7.56. The predicted octanol–water partition coefficient (Wildman–Crippen LogP) is 4.55. The first kappa shape index (κ1) is 18.5. The summed E-state index contributed by atoms with van der Waals surface area (Å²) in [4.78, 5) is 11.3. The molecule has 0 saturated carbocycles. The molecule has 20 heavy (non-hydrogen) atoms. The van der Waals surface area contributed by atoms with E-state index in [1.807, 2.05) is 24.3 Å². The Kier molecular flexibility index (Phi) is 12.9. The number of carbonyl (C=O) groups excluding carboxylic acids is 1. The van der Waals surface area contributed by atoms with Gasteiger partial charge in [0, 0.05) is 0 Å². The van der Waals surface area contributed by atoms with Crippen LogP contribution in [0.2, 0.25) is 0 Å². The van der Waals surface area contributed by atoms with Gasteiger partial charge < -0.3 is 9.47 Å². The van der Waals surface area contributed by atoms with E-state index >= 15 is 0 Å². The number of rotatable bonds is 11. The van der Waals surface area contributed by atoms with Crippen LogP contribution in [0.5, 0.6) is 0 Å². The van der Waals surface area contributed by atoms with Crippen molar-refractivity contribution >= 4 is 5.97 Å². The van der Waals surface area contributed by atoms with Crippen molar-refractivity contribution in [2.24, 2.45) is 0 Å². The van der Waals surface area contributed by atoms with E-state index in [0.717, 1.165) is 12.8 Å². The van der Waals surface area contributed by atoms with Crippen molar-refractivity contribution in [3.8, 4) is 0 Å². The van der Waals surface area contributed by atoms with Gasteiger partial charge in [-0.25, -0.2) is 4.79 Å². The molecule has 0 aliphatic heterocycles. The van der Waals surface area contributed by atoms with Crippen molar-refractivity contribution in [3.63, 3.8) is 0 Å². The maximum absolute atomic E-state index is 11.3. The van der Waals surface area contributed by atoms with Gasteiger partial charge in [-0.3, -0.25) is 0 Å². The first-order valence-electron chi connectivity index (χ1n) is 7.56. The van der Waals surface area contributed by atoms with Crippen LogP contribution in [0.3, 0.4) is 0 Å². The van der Waals surface area contributed by atoms with Crippen molar-refractivity contribution in [2.75, 3.05) is 13.2 Å². The highest BCUT2D eigenvalue weighted by atomic mass is 16.6. The van der Waals surface area contributed by atoms with E-state index in [2.05, 4.69) is 19.9 Å². The van der Waals surface area contributed by atoms with E-state index in [9.17, 15) is 4.79 Å². The molecule has 0 aromatic carbocycles. The van der Waals surface area contributed by atoms with Crippen molar-refractivity contribution in [3.05, 3.63) is 36.1 Å². The van der Waals surface area contributed by atoms with Crippen LogP contribution >= 0.6 is 0 Å². The smallest absolute Gasteiger partial charge is 0.344 e. The molecule has 3 nitrogen and oxygen atoms in total. The highest BCUT2D eigenvalue weighted by Gasteiger charge is 2.02. The van der Waals surface area contributed by atoms with E-state index in [1.165, 1.54) is 19.3 Å². The Morgan fingerprint density at radius 1 is 1.05 bits per heavy atom. The molecule has 0 atom stereocenters. The molecule has 0 amide bonds. The molecule has 0 rings (SSSR count). The third-order valence-corrected chi connectivity index (χ3v) is 2.55. The van der Waals surface area contributed by atoms with Crippen LogP contribution in [0.25, 0.3) is 0 Å². The second kappa shape index (κ2) is 13.9. The fourth-order valence-electron chi connectivity index (χ4n) is 1.50. The molecule has 0 unspecified atom stereocenters. The zero-order valence-electron chi connectivity index (χ0n) is 13.1. The lowest BCUT2D eigenvalue weighted by Crippen LogP contribution is -2.11. The summed E-state index contributed by atoms with van der Waals surface area (Å²) in [5, 5.41) is 0. The van der Waals surface area contributed by atoms with E-state index < -0.39 is 0 Å². The summed E-state index contributed by atoms with van der Waals surface area (Å²) in [5.74, 6) is 0.349. The quantitative estimate of drug-likeness (QED) is 0.241. The Morgan fingerprint density at radius 2 is 1.85 bits per heavy atom. The summed E-state index contributed by atoms with van der Waals surface area (Å²) in [7, 11) is 0. The Hall–Kier alpha value is -1.51. The van der Waals surface area contributed by atoms with Crippen LogP contribution < -0.4 is 0 Å². The van der Waals surface area contributed by atoms with Gasteiger partial charge in [0.25, 0.3) is 0 Å². The summed E-state index contributed by atoms with van der Waals surface area (Å²) in [6.07, 6.45) is 15.6. The van der Waals surface area contributed by atoms with Crippen LogP contribution in [-0.2, 0) is 14.3 Å². The zero-order valence-corrected chi connectivity index (χ0v) is 13.1. The van der Waals surface area contributed by atoms with Gasteiger partial charge in [-0.1, -0.05) is 44.9 Å². The number of esters is 1. The fraction of sp³-hybridized carbons (Fsp3) is 0.588. The number of hydrogen-bond donors (Lipinski definition) is 0. The molecule has 0 aliphatic carbocycles. The third-order valence-electron chi connectivity index (χ3n) is 2.55. The van der Waals surface area contributed by atoms with Crippen LogP contribution in [-0.4, -0.2) is 19.2 Å². The molecule has 0 heterocycles. The van der Waals surface area contributed by atoms with Gasteiger partial charge in [0.05, 0.1) is 6.61 Å². The van der Waals surface area contributed by atoms with Crippen molar-refractivity contribution in [2.45, 2.75) is 52.9 Å². The average molecular weight is 280 g/mol. The lowest BCUT2D eigenvalue weighted by molar-refractivity contribution is -0.146. The van der Waals surface area contributed by atoms with Crippen molar-refractivity contribution in [1.82, 2.24) is 0 Å². The molecule has 0 fully saturated rings. The van der Waals surface area contributed by atoms with Gasteiger partial charge in [-0.15, -0.1) is 0 Å². The second-order valence-electron chi connectivity index (χ2n) is 4.40. The molecule has 0 spiro atoms. The maximum atomic E-state index is 11.3. The molecule has 114 valence electrons. The fourth-order valence-corrected chi connectivity index (χ4v) is 1.50. The molecule has 0 aromatic heterocycles. The zero-order chi connectivity index (χ0) is 15.1. The molecular weight excluding hydrogens is 252 g/mol. The molecule has 0 aromatic rings. The molecule has 3 heteroatoms. The standard InChI is InChI=1S/C17H28O3/c1-4-7-9-10-11-12-14-16(13-8-5-2)20-15-17(18)19-6-3/h8,11-14H,4-7,9-10,15H2,1-3H3/b12-11+,13-8+,16-14-. The Labute approximate surface area is 123 Å². The van der Waals surface area contributed by atoms with Crippen molar-refractivity contribution < 1.29 is 14.3 Å². The minimum Gasteiger partial charge on any atom is -0.482 e. The van der Waals surface area contributed by atoms with Gasteiger partial charge in [0.1, 0.15) is 5.76 Å². The van der Waals surface area contributed by atoms with E-state index in [4.69, 9.17) is 9.47 Å². The number of unbranched alkanes of at least 4 members (excludes halogenated alkanes) is 3. The number of allylic oxidation sites excluding steroid dienone is 5. The minimum atomic E-state index is -0.338. The molecule has 0 radical (unpaired) electrons. The molecule has 0 bridgehead atoms. The second-order valence-corrected chi connectivity index (χ2v) is 4.40. The average Bonchev–Trinajstić information content (AvgIpc) is 2.45. The summed E-state index contributed by atoms with van der Waals surface area (Å²) in [6, 6.07) is 0. The van der Waals surface area contributed by atoms with E-state index in [0.29, 0.717) is 12.4 Å². The molecule has 0 N–H and O–H groups in total. The number of ether oxygens (including phenoxy) is 2. The van der Waals surface area contributed by atoms with Crippen LogP contribution in [0, 0.1) is 0 Å². The lowest BCUT2D eigenvalue weighted by Gasteiger charge is -2.05. The van der Waals surface area contributed by atoms with E-state index in [-0.39, 0.29) is 12.6 Å². The van der Waals surface area contributed by atoms with Crippen molar-refractivity contribution in [1.29, 1.82) is 0 Å². The molecule has 0 aliphatic rings. The predicted molar refractivity (Wildman–Crippen MR) is 83.4 cm³/mol. The third kappa shape index (κ3) is 11.6. The monoisotopic (exact) mass is 280 g/mol. The highest BCUT2D eigenvalue weighted by molar-refractivity contribution is 5.70. The SMILES string of the molecule is CC/C=C/C(=C/C=C/CCCCC)OCC(=O)OCC. The van der Waals surface area contributed by atoms with E-state index in [1.54, 1.807) is 6.92 Å². The maximum Gasteiger partial charge on any atom is 0.344 e. The molecule has 0 saturated heterocycles. The highest BCUT2D eigenvalue weighted by Crippen LogP contribution is 2.04. The largest absolute Gasteiger partial charge is 0.482 e. The Bertz CT molecular complexity index is 327. The minimum absolute atomic E-state index is 0.0442. The van der Waals surface area contributed by atoms with Gasteiger partial charge in [0.15, 0.2) is 6.61 Å². The van der Waals surface area contributed by atoms with Crippen LogP contribution in [0.15, 0.2) is 36.1 Å². The number of carbonyl (C=O) groups is 1. The lowest BCUT2D eigenvalue weighted by atomic mass is 10.2. The van der Waals surface area contributed by atoms with Crippen LogP contribution in [0.1, 0.15) is 52.9 Å². The topological polar surface area (TPSA) is 35.5 Å².